The minimum atomic E-state index is -0.349. The van der Waals surface area contributed by atoms with E-state index in [1.165, 1.54) is 0 Å². The number of carbonyl (C=O) groups is 2. The summed E-state index contributed by atoms with van der Waals surface area (Å²) in [5.74, 6) is 0.214. The zero-order chi connectivity index (χ0) is 20.6. The lowest BCUT2D eigenvalue weighted by Crippen LogP contribution is -2.41. The fourth-order valence-electron chi connectivity index (χ4n) is 2.73. The van der Waals surface area contributed by atoms with Crippen molar-refractivity contribution in [3.05, 3.63) is 77.6 Å². The van der Waals surface area contributed by atoms with Crippen LogP contribution >= 0.6 is 11.8 Å². The van der Waals surface area contributed by atoms with Gasteiger partial charge in [-0.3, -0.25) is 20.4 Å². The quantitative estimate of drug-likeness (QED) is 0.462. The third kappa shape index (κ3) is 5.92. The molecule has 0 saturated heterocycles. The molecule has 0 saturated carbocycles. The maximum Gasteiger partial charge on any atom is 0.269 e. The van der Waals surface area contributed by atoms with E-state index in [-0.39, 0.29) is 17.7 Å². The molecule has 1 aromatic heterocycles. The summed E-state index contributed by atoms with van der Waals surface area (Å²) in [6, 6.07) is 17.1. The summed E-state index contributed by atoms with van der Waals surface area (Å²) in [7, 11) is 1.89. The average molecular weight is 410 g/mol. The van der Waals surface area contributed by atoms with Crippen LogP contribution in [0.25, 0.3) is 0 Å². The highest BCUT2D eigenvalue weighted by molar-refractivity contribution is 7.98. The lowest BCUT2D eigenvalue weighted by atomic mass is 9.98. The zero-order valence-corrected chi connectivity index (χ0v) is 17.1. The van der Waals surface area contributed by atoms with E-state index in [1.54, 1.807) is 30.2 Å². The summed E-state index contributed by atoms with van der Waals surface area (Å²) in [5, 5.41) is 8.71. The van der Waals surface area contributed by atoms with Crippen LogP contribution in [-0.4, -0.2) is 26.6 Å². The first-order chi connectivity index (χ1) is 14.0. The van der Waals surface area contributed by atoms with Gasteiger partial charge in [-0.05, 0) is 29.2 Å². The van der Waals surface area contributed by atoms with Crippen LogP contribution in [0.15, 0.2) is 66.1 Å². The van der Waals surface area contributed by atoms with Gasteiger partial charge in [-0.25, -0.2) is 0 Å². The molecule has 150 valence electrons. The first kappa shape index (κ1) is 20.6. The number of benzene rings is 2. The summed E-state index contributed by atoms with van der Waals surface area (Å²) in [4.78, 5) is 24.4. The number of rotatable bonds is 7. The van der Waals surface area contributed by atoms with E-state index in [0.717, 1.165) is 22.0 Å². The maximum absolute atomic E-state index is 12.3. The molecule has 29 heavy (non-hydrogen) atoms. The van der Waals surface area contributed by atoms with Crippen molar-refractivity contribution in [2.24, 2.45) is 7.05 Å². The van der Waals surface area contributed by atoms with Crippen LogP contribution in [0.1, 0.15) is 40.7 Å². The van der Waals surface area contributed by atoms with Crippen LogP contribution in [0.3, 0.4) is 0 Å². The molecule has 0 spiro atoms. The van der Waals surface area contributed by atoms with Crippen LogP contribution in [-0.2, 0) is 17.6 Å². The third-order valence-electron chi connectivity index (χ3n) is 4.43. The first-order valence-electron chi connectivity index (χ1n) is 9.23. The number of amides is 2. The zero-order valence-electron chi connectivity index (χ0n) is 16.3. The Morgan fingerprint density at radius 3 is 2.45 bits per heavy atom. The molecule has 7 nitrogen and oxygen atoms in total. The Morgan fingerprint density at radius 1 is 1.07 bits per heavy atom. The molecule has 0 aliphatic carbocycles. The molecule has 0 aliphatic rings. The van der Waals surface area contributed by atoms with Gasteiger partial charge in [0.2, 0.25) is 5.91 Å². The number of aromatic nitrogens is 3. The van der Waals surface area contributed by atoms with Crippen molar-refractivity contribution in [3.8, 4) is 0 Å². The number of carbonyl (C=O) groups excluding carboxylic acids is 2. The molecule has 1 heterocycles. The standard InChI is InChI=1S/C21H23N5O2S/c1-15(17-6-4-3-5-7-17)12-19(27)23-24-20(28)18-10-8-16(9-11-18)13-29-21-25-22-14-26(21)2/h3-11,14-15H,12-13H2,1-2H3,(H,23,27)(H,24,28). The molecule has 3 aromatic rings. The van der Waals surface area contributed by atoms with E-state index in [9.17, 15) is 9.59 Å². The second-order valence-electron chi connectivity index (χ2n) is 6.73. The van der Waals surface area contributed by atoms with Gasteiger partial charge in [0.25, 0.3) is 5.91 Å². The highest BCUT2D eigenvalue weighted by Crippen LogP contribution is 2.20. The second kappa shape index (κ2) is 9.88. The van der Waals surface area contributed by atoms with E-state index in [1.807, 2.05) is 61.0 Å². The number of hydrogen-bond acceptors (Lipinski definition) is 5. The van der Waals surface area contributed by atoms with Gasteiger partial charge in [-0.15, -0.1) is 10.2 Å². The molecular weight excluding hydrogens is 386 g/mol. The van der Waals surface area contributed by atoms with Crippen LogP contribution in [0, 0.1) is 0 Å². The smallest absolute Gasteiger partial charge is 0.269 e. The number of thioether (sulfide) groups is 1. The van der Waals surface area contributed by atoms with Gasteiger partial charge in [-0.1, -0.05) is 61.2 Å². The van der Waals surface area contributed by atoms with Crippen LogP contribution in [0.4, 0.5) is 0 Å². The van der Waals surface area contributed by atoms with Gasteiger partial charge in [0, 0.05) is 24.8 Å². The Balaban J connectivity index is 1.45. The number of nitrogens with one attached hydrogen (secondary N) is 2. The Morgan fingerprint density at radius 2 is 1.79 bits per heavy atom. The van der Waals surface area contributed by atoms with Crippen LogP contribution < -0.4 is 10.9 Å². The molecule has 1 unspecified atom stereocenters. The van der Waals surface area contributed by atoms with Gasteiger partial charge < -0.3 is 4.57 Å². The normalized spacial score (nSPS) is 11.7. The van der Waals surface area contributed by atoms with E-state index in [0.29, 0.717) is 12.0 Å². The summed E-state index contributed by atoms with van der Waals surface area (Å²) in [6.07, 6.45) is 1.95. The third-order valence-corrected chi connectivity index (χ3v) is 5.54. The average Bonchev–Trinajstić information content (AvgIpc) is 3.16. The monoisotopic (exact) mass is 409 g/mol. The molecule has 2 N–H and O–H groups in total. The highest BCUT2D eigenvalue weighted by Gasteiger charge is 2.12. The van der Waals surface area contributed by atoms with Crippen molar-refractivity contribution in [2.75, 3.05) is 0 Å². The summed E-state index contributed by atoms with van der Waals surface area (Å²) >= 11 is 1.57. The molecule has 3 rings (SSSR count). The lowest BCUT2D eigenvalue weighted by molar-refractivity contribution is -0.122. The van der Waals surface area contributed by atoms with E-state index < -0.39 is 0 Å². The molecule has 1 atom stereocenters. The Hall–Kier alpha value is -3.13. The number of hydrogen-bond donors (Lipinski definition) is 2. The Labute approximate surface area is 173 Å². The minimum absolute atomic E-state index is 0.0683. The van der Waals surface area contributed by atoms with E-state index >= 15 is 0 Å². The van der Waals surface area contributed by atoms with Gasteiger partial charge in [-0.2, -0.15) is 0 Å². The molecule has 0 bridgehead atoms. The predicted molar refractivity (Wildman–Crippen MR) is 112 cm³/mol. The van der Waals surface area contributed by atoms with E-state index in [4.69, 9.17) is 0 Å². The Bertz CT molecular complexity index is 957. The molecule has 2 amide bonds. The van der Waals surface area contributed by atoms with Gasteiger partial charge in [0.1, 0.15) is 6.33 Å². The number of nitrogens with zero attached hydrogens (tertiary/aromatic N) is 3. The number of hydrazine groups is 1. The summed E-state index contributed by atoms with van der Waals surface area (Å²) in [6.45, 7) is 1.98. The van der Waals surface area contributed by atoms with Crippen molar-refractivity contribution >= 4 is 23.6 Å². The fraction of sp³-hybridized carbons (Fsp3) is 0.238. The van der Waals surface area contributed by atoms with Gasteiger partial charge in [0.05, 0.1) is 0 Å². The van der Waals surface area contributed by atoms with Crippen molar-refractivity contribution < 1.29 is 9.59 Å². The highest BCUT2D eigenvalue weighted by atomic mass is 32.2. The molecule has 2 aromatic carbocycles. The summed E-state index contributed by atoms with van der Waals surface area (Å²) in [5.41, 5.74) is 7.59. The molecular formula is C21H23N5O2S. The largest absolute Gasteiger partial charge is 0.312 e. The fourth-order valence-corrected chi connectivity index (χ4v) is 3.57. The summed E-state index contributed by atoms with van der Waals surface area (Å²) < 4.78 is 1.85. The molecule has 8 heteroatoms. The Kier molecular flexibility index (Phi) is 7.02. The van der Waals surface area contributed by atoms with E-state index in [2.05, 4.69) is 21.0 Å². The van der Waals surface area contributed by atoms with Crippen LogP contribution in [0.2, 0.25) is 0 Å². The van der Waals surface area contributed by atoms with Gasteiger partial charge >= 0.3 is 0 Å². The molecule has 0 fully saturated rings. The van der Waals surface area contributed by atoms with Crippen molar-refractivity contribution in [1.82, 2.24) is 25.6 Å². The maximum atomic E-state index is 12.3. The van der Waals surface area contributed by atoms with Crippen molar-refractivity contribution in [1.29, 1.82) is 0 Å². The van der Waals surface area contributed by atoms with Crippen molar-refractivity contribution in [3.63, 3.8) is 0 Å². The topological polar surface area (TPSA) is 88.9 Å². The second-order valence-corrected chi connectivity index (χ2v) is 7.67. The lowest BCUT2D eigenvalue weighted by Gasteiger charge is -2.12. The van der Waals surface area contributed by atoms with Gasteiger partial charge in [0.15, 0.2) is 5.16 Å². The molecule has 0 aliphatic heterocycles. The predicted octanol–water partition coefficient (Wildman–Crippen LogP) is 3.06. The van der Waals surface area contributed by atoms with Crippen molar-refractivity contribution in [2.45, 2.75) is 30.2 Å². The minimum Gasteiger partial charge on any atom is -0.312 e. The first-order valence-corrected chi connectivity index (χ1v) is 10.2. The molecule has 0 radical (unpaired) electrons. The number of aryl methyl sites for hydroxylation is 1. The SMILES string of the molecule is CC(CC(=O)NNC(=O)c1ccc(CSc2nncn2C)cc1)c1ccccc1. The van der Waals surface area contributed by atoms with Crippen LogP contribution in [0.5, 0.6) is 0 Å².